The summed E-state index contributed by atoms with van der Waals surface area (Å²) in [6.45, 7) is 0. The number of hydrogen-bond donors (Lipinski definition) is 3. The van der Waals surface area contributed by atoms with Gasteiger partial charge < -0.3 is 5.43 Å². The highest BCUT2D eigenvalue weighted by Gasteiger charge is 2.22. The van der Waals surface area contributed by atoms with E-state index in [0.717, 1.165) is 12.1 Å². The highest BCUT2D eigenvalue weighted by atomic mass is 32.2. The molecule has 2 aromatic rings. The number of nitrogen functional groups attached to an aromatic ring is 1. The summed E-state index contributed by atoms with van der Waals surface area (Å²) in [5, 5.41) is 10.8. The van der Waals surface area contributed by atoms with Gasteiger partial charge in [0.15, 0.2) is 0 Å². The van der Waals surface area contributed by atoms with Crippen molar-refractivity contribution in [2.24, 2.45) is 5.84 Å². The maximum atomic E-state index is 12.3. The number of hydrazine groups is 1. The summed E-state index contributed by atoms with van der Waals surface area (Å²) in [5.41, 5.74) is 2.16. The lowest BCUT2D eigenvalue weighted by atomic mass is 10.3. The van der Waals surface area contributed by atoms with Crippen LogP contribution in [-0.4, -0.2) is 18.3 Å². The molecule has 10 heteroatoms. The van der Waals surface area contributed by atoms with Crippen molar-refractivity contribution in [1.29, 1.82) is 0 Å². The zero-order valence-corrected chi connectivity index (χ0v) is 11.4. The van der Waals surface area contributed by atoms with E-state index < -0.39 is 14.9 Å². The second kappa shape index (κ2) is 5.73. The predicted octanol–water partition coefficient (Wildman–Crippen LogP) is 1.08. The molecule has 0 saturated carbocycles. The summed E-state index contributed by atoms with van der Waals surface area (Å²) in [5.74, 6) is 5.24. The van der Waals surface area contributed by atoms with E-state index in [9.17, 15) is 18.5 Å². The molecule has 0 spiro atoms. The second-order valence-corrected chi connectivity index (χ2v) is 5.57. The van der Waals surface area contributed by atoms with Gasteiger partial charge >= 0.3 is 0 Å². The summed E-state index contributed by atoms with van der Waals surface area (Å²) in [6, 6.07) is 6.20. The third-order valence-electron chi connectivity index (χ3n) is 2.55. The average molecular weight is 309 g/mol. The van der Waals surface area contributed by atoms with Crippen LogP contribution in [0.2, 0.25) is 0 Å². The Kier molecular flexibility index (Phi) is 4.00. The molecule has 0 amide bonds. The van der Waals surface area contributed by atoms with Crippen LogP contribution in [0.5, 0.6) is 0 Å². The first-order chi connectivity index (χ1) is 9.94. The highest BCUT2D eigenvalue weighted by Crippen LogP contribution is 2.27. The molecule has 0 saturated heterocycles. The average Bonchev–Trinajstić information content (AvgIpc) is 2.47. The van der Waals surface area contributed by atoms with Gasteiger partial charge in [-0.15, -0.1) is 0 Å². The summed E-state index contributed by atoms with van der Waals surface area (Å²) in [4.78, 5) is 13.5. The standard InChI is InChI=1S/C11H11N5O4S/c12-14-10-2-1-9(16(17)18)7-11(10)21(19,20)15-8-3-5-13-6-4-8/h1-7,14H,12H2,(H,13,15). The lowest BCUT2D eigenvalue weighted by Crippen LogP contribution is -2.17. The molecule has 1 heterocycles. The van der Waals surface area contributed by atoms with Crippen LogP contribution in [0.15, 0.2) is 47.6 Å². The minimum Gasteiger partial charge on any atom is -0.323 e. The fourth-order valence-electron chi connectivity index (χ4n) is 1.60. The van der Waals surface area contributed by atoms with E-state index in [4.69, 9.17) is 5.84 Å². The molecule has 0 unspecified atom stereocenters. The Morgan fingerprint density at radius 1 is 1.19 bits per heavy atom. The van der Waals surface area contributed by atoms with Gasteiger partial charge in [0.25, 0.3) is 15.7 Å². The number of nitrogens with one attached hydrogen (secondary N) is 2. The van der Waals surface area contributed by atoms with Gasteiger partial charge in [-0.05, 0) is 18.2 Å². The largest absolute Gasteiger partial charge is 0.323 e. The van der Waals surface area contributed by atoms with Crippen molar-refractivity contribution in [1.82, 2.24) is 4.98 Å². The summed E-state index contributed by atoms with van der Waals surface area (Å²) in [7, 11) is -4.04. The molecule has 21 heavy (non-hydrogen) atoms. The van der Waals surface area contributed by atoms with Crippen LogP contribution in [0.25, 0.3) is 0 Å². The number of nitrogens with two attached hydrogens (primary N) is 1. The molecule has 1 aromatic carbocycles. The molecule has 0 radical (unpaired) electrons. The Labute approximate surface area is 120 Å². The molecule has 0 aliphatic rings. The number of non-ortho nitro benzene ring substituents is 1. The first-order valence-electron chi connectivity index (χ1n) is 5.62. The Bertz CT molecular complexity index is 763. The fraction of sp³-hybridized carbons (Fsp3) is 0. The third-order valence-corrected chi connectivity index (χ3v) is 3.97. The predicted molar refractivity (Wildman–Crippen MR) is 76.0 cm³/mol. The molecular weight excluding hydrogens is 298 g/mol. The number of pyridine rings is 1. The van der Waals surface area contributed by atoms with Crippen LogP contribution in [0.1, 0.15) is 0 Å². The number of nitro benzene ring substituents is 1. The molecule has 4 N–H and O–H groups in total. The van der Waals surface area contributed by atoms with E-state index in [2.05, 4.69) is 15.1 Å². The van der Waals surface area contributed by atoms with Crippen LogP contribution < -0.4 is 16.0 Å². The first kappa shape index (κ1) is 14.7. The smallest absolute Gasteiger partial charge is 0.270 e. The second-order valence-electron chi connectivity index (χ2n) is 3.92. The monoisotopic (exact) mass is 309 g/mol. The highest BCUT2D eigenvalue weighted by molar-refractivity contribution is 7.92. The van der Waals surface area contributed by atoms with Gasteiger partial charge in [-0.2, -0.15) is 0 Å². The molecule has 0 fully saturated rings. The Morgan fingerprint density at radius 3 is 2.43 bits per heavy atom. The van der Waals surface area contributed by atoms with Crippen molar-refractivity contribution in [2.75, 3.05) is 10.1 Å². The molecular formula is C11H11N5O4S. The Hall–Kier alpha value is -2.72. The van der Waals surface area contributed by atoms with E-state index in [-0.39, 0.29) is 22.0 Å². The molecule has 0 aliphatic heterocycles. The van der Waals surface area contributed by atoms with E-state index >= 15 is 0 Å². The maximum absolute atomic E-state index is 12.3. The molecule has 1 aromatic heterocycles. The van der Waals surface area contributed by atoms with Gasteiger partial charge in [-0.3, -0.25) is 25.7 Å². The maximum Gasteiger partial charge on any atom is 0.270 e. The first-order valence-corrected chi connectivity index (χ1v) is 7.10. The van der Waals surface area contributed by atoms with Gasteiger partial charge in [0.05, 0.1) is 16.3 Å². The van der Waals surface area contributed by atoms with Gasteiger partial charge in [-0.25, -0.2) is 8.42 Å². The number of aromatic nitrogens is 1. The van der Waals surface area contributed by atoms with Crippen molar-refractivity contribution < 1.29 is 13.3 Å². The molecule has 0 bridgehead atoms. The number of hydrogen-bond acceptors (Lipinski definition) is 7. The number of sulfonamides is 1. The van der Waals surface area contributed by atoms with E-state index in [1.54, 1.807) is 0 Å². The van der Waals surface area contributed by atoms with Crippen molar-refractivity contribution in [3.63, 3.8) is 0 Å². The van der Waals surface area contributed by atoms with Crippen LogP contribution in [0.4, 0.5) is 17.1 Å². The van der Waals surface area contributed by atoms with E-state index in [0.29, 0.717) is 0 Å². The number of anilines is 2. The summed E-state index contributed by atoms with van der Waals surface area (Å²) < 4.78 is 26.9. The van der Waals surface area contributed by atoms with Gasteiger partial charge in [-0.1, -0.05) is 0 Å². The van der Waals surface area contributed by atoms with E-state index in [1.165, 1.54) is 30.6 Å². The van der Waals surface area contributed by atoms with Crippen molar-refractivity contribution in [3.05, 3.63) is 52.8 Å². The molecule has 0 atom stereocenters. The third kappa shape index (κ3) is 3.24. The zero-order chi connectivity index (χ0) is 15.5. The molecule has 0 aliphatic carbocycles. The molecule has 110 valence electrons. The van der Waals surface area contributed by atoms with Crippen LogP contribution in [-0.2, 0) is 10.0 Å². The summed E-state index contributed by atoms with van der Waals surface area (Å²) >= 11 is 0. The van der Waals surface area contributed by atoms with Gasteiger partial charge in [0.1, 0.15) is 4.90 Å². The number of benzene rings is 1. The fourth-order valence-corrected chi connectivity index (χ4v) is 2.84. The normalized spacial score (nSPS) is 10.9. The SMILES string of the molecule is NNc1ccc([N+](=O)[O-])cc1S(=O)(=O)Nc1ccncc1. The lowest BCUT2D eigenvalue weighted by molar-refractivity contribution is -0.385. The lowest BCUT2D eigenvalue weighted by Gasteiger charge is -2.11. The number of nitrogens with zero attached hydrogens (tertiary/aromatic N) is 2. The van der Waals surface area contributed by atoms with Gasteiger partial charge in [0.2, 0.25) is 0 Å². The van der Waals surface area contributed by atoms with Crippen LogP contribution in [0, 0.1) is 10.1 Å². The minimum absolute atomic E-state index is 0.0437. The topological polar surface area (TPSA) is 140 Å². The van der Waals surface area contributed by atoms with Crippen LogP contribution in [0.3, 0.4) is 0 Å². The van der Waals surface area contributed by atoms with Crippen molar-refractivity contribution in [2.45, 2.75) is 4.90 Å². The van der Waals surface area contributed by atoms with Gasteiger partial charge in [0, 0.05) is 24.5 Å². The Balaban J connectivity index is 2.48. The van der Waals surface area contributed by atoms with Crippen LogP contribution >= 0.6 is 0 Å². The molecule has 2 rings (SSSR count). The number of rotatable bonds is 5. The Morgan fingerprint density at radius 2 is 1.86 bits per heavy atom. The zero-order valence-electron chi connectivity index (χ0n) is 10.6. The molecule has 9 nitrogen and oxygen atoms in total. The number of nitro groups is 1. The quantitative estimate of drug-likeness (QED) is 0.426. The van der Waals surface area contributed by atoms with Crippen molar-refractivity contribution in [3.8, 4) is 0 Å². The minimum atomic E-state index is -4.04. The summed E-state index contributed by atoms with van der Waals surface area (Å²) in [6.07, 6.45) is 2.82. The van der Waals surface area contributed by atoms with Crippen molar-refractivity contribution >= 4 is 27.1 Å². The van der Waals surface area contributed by atoms with E-state index in [1.807, 2.05) is 0 Å².